The summed E-state index contributed by atoms with van der Waals surface area (Å²) in [6.45, 7) is 3.69. The molecule has 1 aromatic heterocycles. The lowest BCUT2D eigenvalue weighted by Gasteiger charge is -2.16. The van der Waals surface area contributed by atoms with Gasteiger partial charge in [-0.25, -0.2) is 0 Å². The molecule has 4 heteroatoms. The molecule has 2 heterocycles. The van der Waals surface area contributed by atoms with Crippen molar-refractivity contribution in [2.45, 2.75) is 25.9 Å². The van der Waals surface area contributed by atoms with Crippen LogP contribution in [0.4, 0.5) is 0 Å². The monoisotopic (exact) mass is 239 g/mol. The second-order valence-electron chi connectivity index (χ2n) is 4.05. The van der Waals surface area contributed by atoms with Gasteiger partial charge in [0.25, 0.3) is 5.91 Å². The molecular weight excluding hydrogens is 222 g/mol. The van der Waals surface area contributed by atoms with Gasteiger partial charge >= 0.3 is 0 Å². The highest BCUT2D eigenvalue weighted by Crippen LogP contribution is 2.22. The Kier molecular flexibility index (Phi) is 3.96. The molecule has 1 aromatic rings. The Morgan fingerprint density at radius 1 is 1.69 bits per heavy atom. The number of carbonyl (C=O) groups excluding carboxylic acids is 1. The number of nitrogens with one attached hydrogen (secondary N) is 1. The Morgan fingerprint density at radius 3 is 3.25 bits per heavy atom. The summed E-state index contributed by atoms with van der Waals surface area (Å²) in [5.41, 5.74) is 0. The Hall–Kier alpha value is -0.870. The third kappa shape index (κ3) is 2.62. The molecule has 0 aromatic carbocycles. The van der Waals surface area contributed by atoms with Gasteiger partial charge in [-0.3, -0.25) is 4.79 Å². The summed E-state index contributed by atoms with van der Waals surface area (Å²) in [7, 11) is 0. The van der Waals surface area contributed by atoms with E-state index in [1.165, 1.54) is 11.3 Å². The molecule has 0 bridgehead atoms. The lowest BCUT2D eigenvalue weighted by Crippen LogP contribution is -2.32. The van der Waals surface area contributed by atoms with Gasteiger partial charge in [0.1, 0.15) is 0 Å². The quantitative estimate of drug-likeness (QED) is 0.875. The molecule has 1 fully saturated rings. The molecule has 0 aliphatic carbocycles. The zero-order valence-electron chi connectivity index (χ0n) is 9.44. The third-order valence-corrected chi connectivity index (χ3v) is 3.89. The first-order valence-corrected chi connectivity index (χ1v) is 6.62. The van der Waals surface area contributed by atoms with Crippen LogP contribution in [0.25, 0.3) is 0 Å². The second-order valence-corrected chi connectivity index (χ2v) is 5.00. The summed E-state index contributed by atoms with van der Waals surface area (Å²) < 4.78 is 5.59. The van der Waals surface area contributed by atoms with E-state index in [9.17, 15) is 4.79 Å². The average molecular weight is 239 g/mol. The van der Waals surface area contributed by atoms with Crippen LogP contribution in [0, 0.1) is 5.92 Å². The number of hydrogen-bond acceptors (Lipinski definition) is 3. The molecule has 0 saturated carbocycles. The van der Waals surface area contributed by atoms with Crippen molar-refractivity contribution in [3.63, 3.8) is 0 Å². The molecule has 88 valence electrons. The van der Waals surface area contributed by atoms with Gasteiger partial charge in [-0.15, -0.1) is 11.3 Å². The molecule has 2 unspecified atom stereocenters. The molecule has 2 rings (SSSR count). The van der Waals surface area contributed by atoms with E-state index in [0.717, 1.165) is 30.9 Å². The lowest BCUT2D eigenvalue weighted by atomic mass is 10.00. The van der Waals surface area contributed by atoms with E-state index >= 15 is 0 Å². The molecule has 1 N–H and O–H groups in total. The van der Waals surface area contributed by atoms with Crippen LogP contribution in [0.1, 0.15) is 29.4 Å². The molecule has 1 aliphatic heterocycles. The minimum absolute atomic E-state index is 0.0387. The lowest BCUT2D eigenvalue weighted by molar-refractivity contribution is 0.0828. The number of hydrogen-bond donors (Lipinski definition) is 1. The summed E-state index contributed by atoms with van der Waals surface area (Å²) in [5, 5.41) is 4.90. The fraction of sp³-hybridized carbons (Fsp3) is 0.583. The predicted molar refractivity (Wildman–Crippen MR) is 64.8 cm³/mol. The van der Waals surface area contributed by atoms with Crippen LogP contribution in [0.3, 0.4) is 0 Å². The van der Waals surface area contributed by atoms with E-state index < -0.39 is 0 Å². The van der Waals surface area contributed by atoms with Gasteiger partial charge < -0.3 is 10.1 Å². The van der Waals surface area contributed by atoms with E-state index in [-0.39, 0.29) is 5.91 Å². The van der Waals surface area contributed by atoms with E-state index in [2.05, 4.69) is 12.2 Å². The maximum atomic E-state index is 11.7. The third-order valence-electron chi connectivity index (χ3n) is 3.02. The van der Waals surface area contributed by atoms with Crippen LogP contribution in [-0.2, 0) is 4.74 Å². The Bertz CT molecular complexity index is 337. The Morgan fingerprint density at radius 2 is 2.56 bits per heavy atom. The van der Waals surface area contributed by atoms with Gasteiger partial charge in [-0.2, -0.15) is 0 Å². The Balaban J connectivity index is 1.81. The van der Waals surface area contributed by atoms with Crippen molar-refractivity contribution in [2.24, 2.45) is 5.92 Å². The summed E-state index contributed by atoms with van der Waals surface area (Å²) in [6.07, 6.45) is 2.41. The minimum Gasteiger partial charge on any atom is -0.378 e. The summed E-state index contributed by atoms with van der Waals surface area (Å²) in [4.78, 5) is 12.5. The highest BCUT2D eigenvalue weighted by Gasteiger charge is 2.26. The van der Waals surface area contributed by atoms with Gasteiger partial charge in [-0.1, -0.05) is 13.0 Å². The molecule has 0 radical (unpaired) electrons. The zero-order chi connectivity index (χ0) is 11.4. The van der Waals surface area contributed by atoms with Crippen LogP contribution < -0.4 is 5.32 Å². The summed E-state index contributed by atoms with van der Waals surface area (Å²) in [5.74, 6) is 0.519. The van der Waals surface area contributed by atoms with Crippen molar-refractivity contribution in [2.75, 3.05) is 13.2 Å². The van der Waals surface area contributed by atoms with Gasteiger partial charge in [0, 0.05) is 19.1 Å². The second kappa shape index (κ2) is 5.46. The smallest absolute Gasteiger partial charge is 0.261 e. The molecule has 1 amide bonds. The molecule has 0 spiro atoms. The number of ether oxygens (including phenoxy) is 1. The maximum Gasteiger partial charge on any atom is 0.261 e. The van der Waals surface area contributed by atoms with Gasteiger partial charge in [0.2, 0.25) is 0 Å². The standard InChI is InChI=1S/C12H17NO2S/c1-2-10-9(5-6-15-10)8-13-12(14)11-4-3-7-16-11/h3-4,7,9-10H,2,5-6,8H2,1H3,(H,13,14). The van der Waals surface area contributed by atoms with Crippen molar-refractivity contribution in [3.05, 3.63) is 22.4 Å². The van der Waals surface area contributed by atoms with Gasteiger partial charge in [0.15, 0.2) is 0 Å². The predicted octanol–water partition coefficient (Wildman–Crippen LogP) is 2.29. The van der Waals surface area contributed by atoms with Crippen LogP contribution in [0.15, 0.2) is 17.5 Å². The number of amides is 1. The summed E-state index contributed by atoms with van der Waals surface area (Å²) >= 11 is 1.48. The minimum atomic E-state index is 0.0387. The van der Waals surface area contributed by atoms with Gasteiger partial charge in [0.05, 0.1) is 11.0 Å². The highest BCUT2D eigenvalue weighted by atomic mass is 32.1. The molecule has 3 nitrogen and oxygen atoms in total. The van der Waals surface area contributed by atoms with Crippen molar-refractivity contribution in [3.8, 4) is 0 Å². The molecule has 2 atom stereocenters. The van der Waals surface area contributed by atoms with Gasteiger partial charge in [-0.05, 0) is 24.3 Å². The fourth-order valence-corrected chi connectivity index (χ4v) is 2.74. The van der Waals surface area contributed by atoms with E-state index in [0.29, 0.717) is 12.0 Å². The van der Waals surface area contributed by atoms with Crippen LogP contribution in [-0.4, -0.2) is 25.2 Å². The molecular formula is C12H17NO2S. The first kappa shape index (κ1) is 11.6. The zero-order valence-corrected chi connectivity index (χ0v) is 10.3. The first-order chi connectivity index (χ1) is 7.81. The normalized spacial score (nSPS) is 24.6. The Labute approximate surface area is 99.8 Å². The van der Waals surface area contributed by atoms with Crippen molar-refractivity contribution in [1.82, 2.24) is 5.32 Å². The highest BCUT2D eigenvalue weighted by molar-refractivity contribution is 7.12. The number of rotatable bonds is 4. The van der Waals surface area contributed by atoms with Crippen LogP contribution in [0.5, 0.6) is 0 Å². The van der Waals surface area contributed by atoms with E-state index in [1.807, 2.05) is 17.5 Å². The van der Waals surface area contributed by atoms with Crippen LogP contribution >= 0.6 is 11.3 Å². The molecule has 16 heavy (non-hydrogen) atoms. The van der Waals surface area contributed by atoms with E-state index in [4.69, 9.17) is 4.74 Å². The SMILES string of the molecule is CCC1OCCC1CNC(=O)c1cccs1. The largest absolute Gasteiger partial charge is 0.378 e. The maximum absolute atomic E-state index is 11.7. The van der Waals surface area contributed by atoms with Crippen molar-refractivity contribution < 1.29 is 9.53 Å². The number of thiophene rings is 1. The first-order valence-electron chi connectivity index (χ1n) is 5.74. The molecule has 1 aliphatic rings. The van der Waals surface area contributed by atoms with E-state index in [1.54, 1.807) is 0 Å². The topological polar surface area (TPSA) is 38.3 Å². The molecule has 1 saturated heterocycles. The average Bonchev–Trinajstić information content (AvgIpc) is 2.96. The summed E-state index contributed by atoms with van der Waals surface area (Å²) in [6, 6.07) is 3.75. The number of carbonyl (C=O) groups is 1. The van der Waals surface area contributed by atoms with Crippen molar-refractivity contribution >= 4 is 17.2 Å². The van der Waals surface area contributed by atoms with Crippen LogP contribution in [0.2, 0.25) is 0 Å². The van der Waals surface area contributed by atoms with Crippen molar-refractivity contribution in [1.29, 1.82) is 0 Å². The fourth-order valence-electron chi connectivity index (χ4n) is 2.10.